The Balaban J connectivity index is 2.03. The zero-order chi connectivity index (χ0) is 14.9. The lowest BCUT2D eigenvalue weighted by atomic mass is 9.59. The zero-order valence-electron chi connectivity index (χ0n) is 12.9. The van der Waals surface area contributed by atoms with E-state index in [2.05, 4.69) is 67.8 Å². The molecule has 0 radical (unpaired) electrons. The molecule has 0 heterocycles. The molecule has 1 aliphatic rings. The molecule has 0 saturated heterocycles. The number of nitrogens with one attached hydrogen (secondary N) is 1. The van der Waals surface area contributed by atoms with E-state index in [0.717, 1.165) is 0 Å². The fourth-order valence-electron chi connectivity index (χ4n) is 3.59. The van der Waals surface area contributed by atoms with Crippen LogP contribution in [0.1, 0.15) is 47.6 Å². The van der Waals surface area contributed by atoms with E-state index < -0.39 is 0 Å². The molecule has 3 N–H and O–H groups in total. The van der Waals surface area contributed by atoms with E-state index in [1.807, 2.05) is 0 Å². The average Bonchev–Trinajstić information content (AvgIpc) is 2.47. The Labute approximate surface area is 127 Å². The van der Waals surface area contributed by atoms with Crippen molar-refractivity contribution < 1.29 is 0 Å². The molecule has 0 bridgehead atoms. The molecule has 2 heteroatoms. The first-order chi connectivity index (χ1) is 10.2. The first-order valence-electron chi connectivity index (χ1n) is 7.76. The van der Waals surface area contributed by atoms with Crippen LogP contribution >= 0.6 is 0 Å². The zero-order valence-corrected chi connectivity index (χ0v) is 12.9. The van der Waals surface area contributed by atoms with Gasteiger partial charge in [-0.2, -0.15) is 0 Å². The fraction of sp³-hybridized carbons (Fsp3) is 0.368. The van der Waals surface area contributed by atoms with E-state index in [1.165, 1.54) is 41.5 Å². The molecule has 1 saturated carbocycles. The lowest BCUT2D eigenvalue weighted by molar-refractivity contribution is 0.170. The van der Waals surface area contributed by atoms with Gasteiger partial charge in [0.1, 0.15) is 0 Å². The van der Waals surface area contributed by atoms with Gasteiger partial charge in [0, 0.05) is 5.41 Å². The largest absolute Gasteiger partial charge is 0.271 e. The van der Waals surface area contributed by atoms with Crippen molar-refractivity contribution in [3.05, 3.63) is 70.8 Å². The molecule has 0 spiro atoms. The minimum atomic E-state index is 0.137. The van der Waals surface area contributed by atoms with Crippen LogP contribution in [0.4, 0.5) is 0 Å². The smallest absolute Gasteiger partial charge is 0.0556 e. The van der Waals surface area contributed by atoms with Gasteiger partial charge in [0.05, 0.1) is 6.04 Å². The van der Waals surface area contributed by atoms with E-state index in [0.29, 0.717) is 0 Å². The number of aryl methyl sites for hydroxylation is 2. The molecule has 2 nitrogen and oxygen atoms in total. The van der Waals surface area contributed by atoms with Crippen molar-refractivity contribution in [2.75, 3.05) is 0 Å². The molecule has 0 aliphatic heterocycles. The highest BCUT2D eigenvalue weighted by Gasteiger charge is 2.45. The molecular weight excluding hydrogens is 256 g/mol. The van der Waals surface area contributed by atoms with Crippen molar-refractivity contribution in [3.8, 4) is 0 Å². The van der Waals surface area contributed by atoms with Gasteiger partial charge in [0.25, 0.3) is 0 Å². The number of rotatable bonds is 4. The molecule has 2 aromatic carbocycles. The second-order valence-corrected chi connectivity index (χ2v) is 6.32. The maximum atomic E-state index is 5.98. The summed E-state index contributed by atoms with van der Waals surface area (Å²) in [6, 6.07) is 17.7. The summed E-state index contributed by atoms with van der Waals surface area (Å²) in [5, 5.41) is 0. The minimum Gasteiger partial charge on any atom is -0.271 e. The Morgan fingerprint density at radius 2 is 1.71 bits per heavy atom. The molecule has 1 fully saturated rings. The average molecular weight is 280 g/mol. The fourth-order valence-corrected chi connectivity index (χ4v) is 3.59. The summed E-state index contributed by atoms with van der Waals surface area (Å²) >= 11 is 0. The third-order valence-electron chi connectivity index (χ3n) is 5.18. The third-order valence-corrected chi connectivity index (χ3v) is 5.18. The summed E-state index contributed by atoms with van der Waals surface area (Å²) in [6.07, 6.45) is 3.66. The molecule has 3 rings (SSSR count). The molecule has 0 amide bonds. The molecule has 1 unspecified atom stereocenters. The number of hydrazine groups is 1. The summed E-state index contributed by atoms with van der Waals surface area (Å²) in [4.78, 5) is 0. The van der Waals surface area contributed by atoms with Gasteiger partial charge in [0.2, 0.25) is 0 Å². The van der Waals surface area contributed by atoms with Crippen molar-refractivity contribution in [2.24, 2.45) is 5.84 Å². The summed E-state index contributed by atoms with van der Waals surface area (Å²) in [5.74, 6) is 5.98. The van der Waals surface area contributed by atoms with E-state index >= 15 is 0 Å². The van der Waals surface area contributed by atoms with Crippen LogP contribution < -0.4 is 11.3 Å². The highest BCUT2D eigenvalue weighted by atomic mass is 15.2. The van der Waals surface area contributed by atoms with E-state index in [4.69, 9.17) is 5.84 Å². The summed E-state index contributed by atoms with van der Waals surface area (Å²) < 4.78 is 0. The second-order valence-electron chi connectivity index (χ2n) is 6.32. The van der Waals surface area contributed by atoms with Crippen LogP contribution in [0.5, 0.6) is 0 Å². The van der Waals surface area contributed by atoms with Crippen molar-refractivity contribution in [2.45, 2.75) is 44.6 Å². The Morgan fingerprint density at radius 3 is 2.24 bits per heavy atom. The van der Waals surface area contributed by atoms with E-state index in [1.54, 1.807) is 0 Å². The molecule has 21 heavy (non-hydrogen) atoms. The first-order valence-corrected chi connectivity index (χ1v) is 7.76. The predicted molar refractivity (Wildman–Crippen MR) is 88.0 cm³/mol. The predicted octanol–water partition coefficient (Wildman–Crippen LogP) is 3.93. The normalized spacial score (nSPS) is 18.0. The SMILES string of the molecule is Cc1ccc(C(NN)C2(c3ccccc3)CCC2)cc1C. The summed E-state index contributed by atoms with van der Waals surface area (Å²) in [5.41, 5.74) is 8.60. The number of benzene rings is 2. The van der Waals surface area contributed by atoms with E-state index in [-0.39, 0.29) is 11.5 Å². The standard InChI is InChI=1S/C19H24N2/c1-14-9-10-16(13-15(14)2)18(21-20)19(11-6-12-19)17-7-4-3-5-8-17/h3-5,7-10,13,18,21H,6,11-12,20H2,1-2H3. The van der Waals surface area contributed by atoms with Gasteiger partial charge in [-0.15, -0.1) is 0 Å². The first kappa shape index (κ1) is 14.3. The van der Waals surface area contributed by atoms with Crippen molar-refractivity contribution >= 4 is 0 Å². The lowest BCUT2D eigenvalue weighted by Crippen LogP contribution is -2.48. The monoisotopic (exact) mass is 280 g/mol. The van der Waals surface area contributed by atoms with Gasteiger partial charge in [-0.05, 0) is 48.9 Å². The van der Waals surface area contributed by atoms with Crippen LogP contribution in [0, 0.1) is 13.8 Å². The van der Waals surface area contributed by atoms with Crippen LogP contribution in [-0.4, -0.2) is 0 Å². The third kappa shape index (κ3) is 2.39. The summed E-state index contributed by atoms with van der Waals surface area (Å²) in [6.45, 7) is 4.32. The van der Waals surface area contributed by atoms with Gasteiger partial charge >= 0.3 is 0 Å². The molecule has 110 valence electrons. The van der Waals surface area contributed by atoms with Crippen LogP contribution in [0.2, 0.25) is 0 Å². The highest BCUT2D eigenvalue weighted by Crippen LogP contribution is 2.51. The van der Waals surface area contributed by atoms with Gasteiger partial charge < -0.3 is 0 Å². The Bertz CT molecular complexity index is 615. The maximum Gasteiger partial charge on any atom is 0.0556 e. The van der Waals surface area contributed by atoms with Gasteiger partial charge in [-0.1, -0.05) is 55.0 Å². The number of nitrogens with two attached hydrogens (primary N) is 1. The van der Waals surface area contributed by atoms with Crippen LogP contribution in [0.15, 0.2) is 48.5 Å². The van der Waals surface area contributed by atoms with Crippen LogP contribution in [-0.2, 0) is 5.41 Å². The molecule has 2 aromatic rings. The maximum absolute atomic E-state index is 5.98. The molecule has 1 atom stereocenters. The van der Waals surface area contributed by atoms with Crippen molar-refractivity contribution in [1.29, 1.82) is 0 Å². The molecule has 1 aliphatic carbocycles. The Morgan fingerprint density at radius 1 is 1.00 bits per heavy atom. The number of hydrogen-bond acceptors (Lipinski definition) is 2. The summed E-state index contributed by atoms with van der Waals surface area (Å²) in [7, 11) is 0. The van der Waals surface area contributed by atoms with Crippen LogP contribution in [0.3, 0.4) is 0 Å². The second kappa shape index (κ2) is 5.63. The van der Waals surface area contributed by atoms with Gasteiger partial charge in [-0.3, -0.25) is 11.3 Å². The van der Waals surface area contributed by atoms with Crippen molar-refractivity contribution in [3.63, 3.8) is 0 Å². The Hall–Kier alpha value is -1.64. The molecule has 0 aromatic heterocycles. The Kier molecular flexibility index (Phi) is 3.83. The quantitative estimate of drug-likeness (QED) is 0.658. The number of hydrogen-bond donors (Lipinski definition) is 2. The minimum absolute atomic E-state index is 0.137. The van der Waals surface area contributed by atoms with E-state index in [9.17, 15) is 0 Å². The molecular formula is C19H24N2. The lowest BCUT2D eigenvalue weighted by Gasteiger charge is -2.48. The van der Waals surface area contributed by atoms with Gasteiger partial charge in [0.15, 0.2) is 0 Å². The van der Waals surface area contributed by atoms with Crippen LogP contribution in [0.25, 0.3) is 0 Å². The highest BCUT2D eigenvalue weighted by molar-refractivity contribution is 5.38. The van der Waals surface area contributed by atoms with Gasteiger partial charge in [-0.25, -0.2) is 0 Å². The van der Waals surface area contributed by atoms with Crippen molar-refractivity contribution in [1.82, 2.24) is 5.43 Å². The topological polar surface area (TPSA) is 38.0 Å².